The number of carbonyl (C=O) groups excluding carboxylic acids is 1. The molecule has 0 saturated carbocycles. The van der Waals surface area contributed by atoms with Crippen molar-refractivity contribution in [3.63, 3.8) is 0 Å². The first-order chi connectivity index (χ1) is 13.0. The molecule has 3 rings (SSSR count). The number of hydrogen-bond acceptors (Lipinski definition) is 7. The molecule has 0 saturated heterocycles. The Balaban J connectivity index is 1.62. The molecule has 0 aliphatic carbocycles. The maximum atomic E-state index is 12.3. The van der Waals surface area contributed by atoms with Crippen LogP contribution in [0.3, 0.4) is 0 Å². The van der Waals surface area contributed by atoms with Crippen LogP contribution >= 0.6 is 11.8 Å². The molecule has 0 unspecified atom stereocenters. The maximum absolute atomic E-state index is 12.3. The Hall–Kier alpha value is -3.01. The molecule has 0 aliphatic rings. The van der Waals surface area contributed by atoms with Gasteiger partial charge in [-0.15, -0.1) is 10.2 Å². The van der Waals surface area contributed by atoms with Crippen LogP contribution in [0.2, 0.25) is 0 Å². The minimum atomic E-state index is -0.154. The van der Waals surface area contributed by atoms with Gasteiger partial charge in [-0.25, -0.2) is 0 Å². The molecule has 0 bridgehead atoms. The average molecular weight is 388 g/mol. The number of aromatic nitrogens is 5. The van der Waals surface area contributed by atoms with Gasteiger partial charge in [0, 0.05) is 32.0 Å². The number of carbonyl (C=O) groups is 1. The summed E-state index contributed by atoms with van der Waals surface area (Å²) in [6.45, 7) is 0. The molecule has 9 nitrogen and oxygen atoms in total. The van der Waals surface area contributed by atoms with Gasteiger partial charge in [0.2, 0.25) is 5.91 Å². The van der Waals surface area contributed by atoms with Crippen LogP contribution in [0.25, 0.3) is 11.4 Å². The third-order valence-corrected chi connectivity index (χ3v) is 4.82. The number of benzene rings is 1. The minimum absolute atomic E-state index is 0.154. The summed E-state index contributed by atoms with van der Waals surface area (Å²) in [5, 5.41) is 16.0. The number of nitrogens with one attached hydrogen (secondary N) is 1. The molecule has 10 heteroatoms. The van der Waals surface area contributed by atoms with Gasteiger partial charge < -0.3 is 19.4 Å². The Morgan fingerprint density at radius 3 is 2.63 bits per heavy atom. The van der Waals surface area contributed by atoms with E-state index < -0.39 is 0 Å². The maximum Gasteiger partial charge on any atom is 0.234 e. The lowest BCUT2D eigenvalue weighted by Crippen LogP contribution is -2.14. The molecule has 2 aromatic heterocycles. The Morgan fingerprint density at radius 2 is 1.96 bits per heavy atom. The van der Waals surface area contributed by atoms with Crippen LogP contribution in [-0.2, 0) is 18.9 Å². The van der Waals surface area contributed by atoms with E-state index in [0.29, 0.717) is 28.2 Å². The molecular weight excluding hydrogens is 368 g/mol. The van der Waals surface area contributed by atoms with Crippen LogP contribution in [-0.4, -0.2) is 50.4 Å². The van der Waals surface area contributed by atoms with E-state index in [1.807, 2.05) is 24.9 Å². The monoisotopic (exact) mass is 388 g/mol. The molecule has 0 atom stereocenters. The Kier molecular flexibility index (Phi) is 5.65. The lowest BCUT2D eigenvalue weighted by molar-refractivity contribution is -0.113. The van der Waals surface area contributed by atoms with Crippen molar-refractivity contribution in [3.8, 4) is 22.9 Å². The number of rotatable bonds is 7. The third-order valence-electron chi connectivity index (χ3n) is 3.80. The zero-order valence-electron chi connectivity index (χ0n) is 15.5. The van der Waals surface area contributed by atoms with E-state index >= 15 is 0 Å². The van der Waals surface area contributed by atoms with Gasteiger partial charge in [0.25, 0.3) is 0 Å². The fourth-order valence-corrected chi connectivity index (χ4v) is 3.18. The van der Waals surface area contributed by atoms with E-state index in [9.17, 15) is 4.79 Å². The van der Waals surface area contributed by atoms with Gasteiger partial charge in [-0.3, -0.25) is 9.48 Å². The molecule has 2 heterocycles. The molecular formula is C17H20N6O3S. The Morgan fingerprint density at radius 1 is 1.19 bits per heavy atom. The van der Waals surface area contributed by atoms with Crippen molar-refractivity contribution in [2.24, 2.45) is 14.1 Å². The van der Waals surface area contributed by atoms with E-state index in [-0.39, 0.29) is 11.7 Å². The molecule has 1 aromatic carbocycles. The Bertz CT molecular complexity index is 952. The van der Waals surface area contributed by atoms with Crippen molar-refractivity contribution in [1.82, 2.24) is 24.5 Å². The SMILES string of the molecule is COc1ccc(NC(=O)CSc2nnc(-c3cnn(C)c3)n2C)cc1OC. The molecule has 0 aliphatic heterocycles. The molecule has 1 amide bonds. The van der Waals surface area contributed by atoms with Crippen molar-refractivity contribution >= 4 is 23.4 Å². The van der Waals surface area contributed by atoms with Gasteiger partial charge in [-0.2, -0.15) is 5.10 Å². The summed E-state index contributed by atoms with van der Waals surface area (Å²) in [4.78, 5) is 12.3. The lowest BCUT2D eigenvalue weighted by Gasteiger charge is -2.10. The van der Waals surface area contributed by atoms with Crippen LogP contribution in [0, 0.1) is 0 Å². The first-order valence-electron chi connectivity index (χ1n) is 8.05. The van der Waals surface area contributed by atoms with Crippen LogP contribution in [0.4, 0.5) is 5.69 Å². The largest absolute Gasteiger partial charge is 0.493 e. The number of anilines is 1. The topological polar surface area (TPSA) is 96.1 Å². The average Bonchev–Trinajstić information content (AvgIpc) is 3.25. The second kappa shape index (κ2) is 8.12. The van der Waals surface area contributed by atoms with Crippen molar-refractivity contribution in [1.29, 1.82) is 0 Å². The quantitative estimate of drug-likeness (QED) is 0.618. The minimum Gasteiger partial charge on any atom is -0.493 e. The normalized spacial score (nSPS) is 10.7. The molecule has 142 valence electrons. The number of nitrogens with zero attached hydrogens (tertiary/aromatic N) is 5. The molecule has 27 heavy (non-hydrogen) atoms. The van der Waals surface area contributed by atoms with Crippen molar-refractivity contribution in [2.75, 3.05) is 25.3 Å². The van der Waals surface area contributed by atoms with E-state index in [1.54, 1.807) is 43.3 Å². The summed E-state index contributed by atoms with van der Waals surface area (Å²) in [6, 6.07) is 5.21. The zero-order valence-corrected chi connectivity index (χ0v) is 16.3. The Labute approximate surface area is 160 Å². The fourth-order valence-electron chi connectivity index (χ4n) is 2.47. The number of thioether (sulfide) groups is 1. The number of ether oxygens (including phenoxy) is 2. The number of aryl methyl sites for hydroxylation is 1. The van der Waals surface area contributed by atoms with E-state index in [0.717, 1.165) is 5.56 Å². The third kappa shape index (κ3) is 4.22. The first kappa shape index (κ1) is 18.8. The first-order valence-corrected chi connectivity index (χ1v) is 9.03. The molecule has 0 spiro atoms. The number of methoxy groups -OCH3 is 2. The van der Waals surface area contributed by atoms with E-state index in [2.05, 4.69) is 20.6 Å². The molecule has 3 aromatic rings. The summed E-state index contributed by atoms with van der Waals surface area (Å²) in [7, 11) is 6.81. The smallest absolute Gasteiger partial charge is 0.234 e. The highest BCUT2D eigenvalue weighted by Gasteiger charge is 2.14. The molecule has 1 N–H and O–H groups in total. The zero-order chi connectivity index (χ0) is 19.4. The van der Waals surface area contributed by atoms with Crippen LogP contribution < -0.4 is 14.8 Å². The predicted octanol–water partition coefficient (Wildman–Crippen LogP) is 1.96. The summed E-state index contributed by atoms with van der Waals surface area (Å²) >= 11 is 1.31. The van der Waals surface area contributed by atoms with E-state index in [1.165, 1.54) is 11.8 Å². The van der Waals surface area contributed by atoms with Gasteiger partial charge in [0.05, 0.1) is 31.7 Å². The molecule has 0 fully saturated rings. The van der Waals surface area contributed by atoms with Gasteiger partial charge in [-0.05, 0) is 12.1 Å². The summed E-state index contributed by atoms with van der Waals surface area (Å²) in [6.07, 6.45) is 3.59. The second-order valence-electron chi connectivity index (χ2n) is 5.67. The fraction of sp³-hybridized carbons (Fsp3) is 0.294. The van der Waals surface area contributed by atoms with Gasteiger partial charge in [0.15, 0.2) is 22.5 Å². The van der Waals surface area contributed by atoms with Crippen LogP contribution in [0.15, 0.2) is 35.7 Å². The van der Waals surface area contributed by atoms with Crippen LogP contribution in [0.1, 0.15) is 0 Å². The second-order valence-corrected chi connectivity index (χ2v) is 6.62. The van der Waals surface area contributed by atoms with Crippen LogP contribution in [0.5, 0.6) is 11.5 Å². The summed E-state index contributed by atoms with van der Waals surface area (Å²) < 4.78 is 14.0. The van der Waals surface area contributed by atoms with Gasteiger partial charge in [0.1, 0.15) is 0 Å². The van der Waals surface area contributed by atoms with Gasteiger partial charge >= 0.3 is 0 Å². The van der Waals surface area contributed by atoms with Crippen molar-refractivity contribution in [3.05, 3.63) is 30.6 Å². The lowest BCUT2D eigenvalue weighted by atomic mass is 10.2. The number of hydrogen-bond donors (Lipinski definition) is 1. The highest BCUT2D eigenvalue weighted by atomic mass is 32.2. The molecule has 0 radical (unpaired) electrons. The predicted molar refractivity (Wildman–Crippen MR) is 102 cm³/mol. The van der Waals surface area contributed by atoms with Crippen molar-refractivity contribution < 1.29 is 14.3 Å². The van der Waals surface area contributed by atoms with Gasteiger partial charge in [-0.1, -0.05) is 11.8 Å². The number of amides is 1. The summed E-state index contributed by atoms with van der Waals surface area (Å²) in [5.41, 5.74) is 1.50. The van der Waals surface area contributed by atoms with E-state index in [4.69, 9.17) is 9.47 Å². The summed E-state index contributed by atoms with van der Waals surface area (Å²) in [5.74, 6) is 1.90. The highest BCUT2D eigenvalue weighted by molar-refractivity contribution is 7.99. The standard InChI is InChI=1S/C17H20N6O3S/c1-22-9-11(8-18-22)16-20-21-17(23(16)2)27-10-15(24)19-12-5-6-13(25-3)14(7-12)26-4/h5-9H,10H2,1-4H3,(H,19,24). The highest BCUT2D eigenvalue weighted by Crippen LogP contribution is 2.30. The van der Waals surface area contributed by atoms with Crippen molar-refractivity contribution in [2.45, 2.75) is 5.16 Å².